The second-order valence-corrected chi connectivity index (χ2v) is 3.57. The smallest absolute Gasteiger partial charge is 0.129 e. The molecule has 1 aromatic carbocycles. The summed E-state index contributed by atoms with van der Waals surface area (Å²) in [6.45, 7) is 6.80. The van der Waals surface area contributed by atoms with Crippen LogP contribution in [-0.2, 0) is 6.54 Å². The van der Waals surface area contributed by atoms with Crippen LogP contribution in [0.5, 0.6) is 0 Å². The van der Waals surface area contributed by atoms with Gasteiger partial charge in [0, 0.05) is 6.54 Å². The Hall–Kier alpha value is -1.33. The van der Waals surface area contributed by atoms with Gasteiger partial charge in [-0.25, -0.2) is 4.39 Å². The molecule has 0 spiro atoms. The van der Waals surface area contributed by atoms with Crippen molar-refractivity contribution in [2.75, 3.05) is 6.54 Å². The lowest BCUT2D eigenvalue weighted by Gasteiger charge is -2.06. The lowest BCUT2D eigenvalue weighted by Crippen LogP contribution is -2.13. The highest BCUT2D eigenvalue weighted by Gasteiger charge is 2.03. The van der Waals surface area contributed by atoms with Gasteiger partial charge in [0.25, 0.3) is 0 Å². The minimum Gasteiger partial charge on any atom is -0.302 e. The molecule has 0 unspecified atom stereocenters. The molecule has 0 fully saturated rings. The largest absolute Gasteiger partial charge is 0.302 e. The Labute approximate surface area is 90.7 Å². The first-order valence-corrected chi connectivity index (χ1v) is 5.01. The number of rotatable bonds is 3. The average molecular weight is 205 g/mol. The first kappa shape index (κ1) is 11.7. The fourth-order valence-electron chi connectivity index (χ4n) is 1.50. The third-order valence-electron chi connectivity index (χ3n) is 2.22. The third kappa shape index (κ3) is 3.38. The molecule has 1 aromatic rings. The molecule has 2 heteroatoms. The summed E-state index contributed by atoms with van der Waals surface area (Å²) in [5.41, 5.74) is 2.51. The van der Waals surface area contributed by atoms with Gasteiger partial charge in [-0.3, -0.25) is 0 Å². The van der Waals surface area contributed by atoms with Gasteiger partial charge in [-0.2, -0.15) is 0 Å². The summed E-state index contributed by atoms with van der Waals surface area (Å²) in [5.74, 6) is 5.63. The Bertz CT molecular complexity index is 376. The summed E-state index contributed by atoms with van der Waals surface area (Å²) in [7, 11) is 0. The van der Waals surface area contributed by atoms with Gasteiger partial charge in [-0.15, -0.1) is 5.92 Å². The van der Waals surface area contributed by atoms with Crippen LogP contribution in [0.3, 0.4) is 0 Å². The van der Waals surface area contributed by atoms with E-state index in [2.05, 4.69) is 17.2 Å². The Morgan fingerprint density at radius 2 is 1.87 bits per heavy atom. The van der Waals surface area contributed by atoms with E-state index in [1.807, 2.05) is 19.1 Å². The zero-order valence-corrected chi connectivity index (χ0v) is 9.45. The zero-order chi connectivity index (χ0) is 11.3. The molecule has 0 saturated heterocycles. The van der Waals surface area contributed by atoms with Crippen LogP contribution in [0.4, 0.5) is 4.39 Å². The van der Waals surface area contributed by atoms with Crippen LogP contribution < -0.4 is 5.32 Å². The zero-order valence-electron chi connectivity index (χ0n) is 9.45. The monoisotopic (exact) mass is 205 g/mol. The van der Waals surface area contributed by atoms with Crippen molar-refractivity contribution in [3.05, 3.63) is 34.6 Å². The summed E-state index contributed by atoms with van der Waals surface area (Å²) in [4.78, 5) is 0. The Balaban J connectivity index is 2.65. The van der Waals surface area contributed by atoms with E-state index in [4.69, 9.17) is 0 Å². The highest BCUT2D eigenvalue weighted by molar-refractivity contribution is 5.30. The van der Waals surface area contributed by atoms with E-state index in [9.17, 15) is 4.39 Å². The summed E-state index contributed by atoms with van der Waals surface area (Å²) in [5, 5.41) is 3.18. The number of aryl methyl sites for hydroxylation is 2. The van der Waals surface area contributed by atoms with Crippen LogP contribution in [-0.4, -0.2) is 6.54 Å². The van der Waals surface area contributed by atoms with Gasteiger partial charge in [0.15, 0.2) is 0 Å². The molecule has 1 rings (SSSR count). The molecule has 0 amide bonds. The van der Waals surface area contributed by atoms with Gasteiger partial charge in [-0.05, 0) is 37.5 Å². The minimum atomic E-state index is -0.105. The molecule has 0 heterocycles. The van der Waals surface area contributed by atoms with Crippen LogP contribution in [0.1, 0.15) is 23.6 Å². The van der Waals surface area contributed by atoms with Gasteiger partial charge < -0.3 is 5.32 Å². The second kappa shape index (κ2) is 5.53. The van der Waals surface area contributed by atoms with Gasteiger partial charge in [0.1, 0.15) is 5.82 Å². The third-order valence-corrected chi connectivity index (χ3v) is 2.22. The quantitative estimate of drug-likeness (QED) is 0.590. The van der Waals surface area contributed by atoms with Crippen LogP contribution >= 0.6 is 0 Å². The molecule has 0 aliphatic rings. The number of halogens is 1. The number of hydrogen-bond donors (Lipinski definition) is 1. The van der Waals surface area contributed by atoms with Crippen LogP contribution in [0.15, 0.2) is 12.1 Å². The topological polar surface area (TPSA) is 12.0 Å². The highest BCUT2D eigenvalue weighted by atomic mass is 19.1. The maximum absolute atomic E-state index is 13.3. The molecular weight excluding hydrogens is 189 g/mol. The first-order valence-electron chi connectivity index (χ1n) is 5.01. The molecule has 0 aliphatic carbocycles. The van der Waals surface area contributed by atoms with Crippen molar-refractivity contribution in [3.63, 3.8) is 0 Å². The summed E-state index contributed by atoms with van der Waals surface area (Å²) < 4.78 is 13.3. The molecule has 1 N–H and O–H groups in total. The summed E-state index contributed by atoms with van der Waals surface area (Å²) >= 11 is 0. The van der Waals surface area contributed by atoms with Crippen LogP contribution in [0.25, 0.3) is 0 Å². The van der Waals surface area contributed by atoms with Gasteiger partial charge >= 0.3 is 0 Å². The molecule has 0 bridgehead atoms. The minimum absolute atomic E-state index is 0.105. The maximum atomic E-state index is 13.3. The Morgan fingerprint density at radius 1 is 1.27 bits per heavy atom. The van der Waals surface area contributed by atoms with Crippen LogP contribution in [0, 0.1) is 31.5 Å². The summed E-state index contributed by atoms with van der Waals surface area (Å²) in [6.07, 6.45) is 0. The maximum Gasteiger partial charge on any atom is 0.129 e. The Morgan fingerprint density at radius 3 is 2.40 bits per heavy atom. The van der Waals surface area contributed by atoms with E-state index < -0.39 is 0 Å². The fourth-order valence-corrected chi connectivity index (χ4v) is 1.50. The molecule has 0 aliphatic heterocycles. The van der Waals surface area contributed by atoms with Crippen molar-refractivity contribution < 1.29 is 4.39 Å². The molecule has 0 radical (unpaired) electrons. The van der Waals surface area contributed by atoms with E-state index in [1.54, 1.807) is 13.8 Å². The predicted octanol–water partition coefficient (Wildman–Crippen LogP) is 2.56. The number of nitrogens with one attached hydrogen (secondary N) is 1. The van der Waals surface area contributed by atoms with Crippen LogP contribution in [0.2, 0.25) is 0 Å². The fraction of sp³-hybridized carbons (Fsp3) is 0.385. The molecule has 80 valence electrons. The van der Waals surface area contributed by atoms with Gasteiger partial charge in [-0.1, -0.05) is 18.1 Å². The standard InChI is InChI=1S/C13H16FN/c1-4-5-6-15-9-12-7-10(2)13(14)11(3)8-12/h7-8,15H,6,9H2,1-3H3. The van der Waals surface area contributed by atoms with Crippen molar-refractivity contribution in [3.8, 4) is 11.8 Å². The van der Waals surface area contributed by atoms with Crippen molar-refractivity contribution in [1.29, 1.82) is 0 Å². The van der Waals surface area contributed by atoms with E-state index in [0.29, 0.717) is 17.7 Å². The first-order chi connectivity index (χ1) is 7.15. The lowest BCUT2D eigenvalue weighted by molar-refractivity contribution is 0.607. The SMILES string of the molecule is CC#CCNCc1cc(C)c(F)c(C)c1. The van der Waals surface area contributed by atoms with Crippen molar-refractivity contribution in [1.82, 2.24) is 5.32 Å². The molecule has 0 saturated carbocycles. The normalized spacial score (nSPS) is 9.60. The van der Waals surface area contributed by atoms with E-state index in [-0.39, 0.29) is 5.82 Å². The lowest BCUT2D eigenvalue weighted by atomic mass is 10.1. The molecule has 1 nitrogen and oxygen atoms in total. The number of hydrogen-bond acceptors (Lipinski definition) is 1. The second-order valence-electron chi connectivity index (χ2n) is 3.57. The van der Waals surface area contributed by atoms with E-state index >= 15 is 0 Å². The molecule has 0 atom stereocenters. The molecule has 0 aromatic heterocycles. The van der Waals surface area contributed by atoms with Gasteiger partial charge in [0.05, 0.1) is 6.54 Å². The number of benzene rings is 1. The Kier molecular flexibility index (Phi) is 4.33. The van der Waals surface area contributed by atoms with Crippen molar-refractivity contribution in [2.24, 2.45) is 0 Å². The molecular formula is C13H16FN. The predicted molar refractivity (Wildman–Crippen MR) is 61.0 cm³/mol. The summed E-state index contributed by atoms with van der Waals surface area (Å²) in [6, 6.07) is 3.74. The molecule has 15 heavy (non-hydrogen) atoms. The average Bonchev–Trinajstić information content (AvgIpc) is 2.21. The van der Waals surface area contributed by atoms with Gasteiger partial charge in [0.2, 0.25) is 0 Å². The van der Waals surface area contributed by atoms with Crippen molar-refractivity contribution in [2.45, 2.75) is 27.3 Å². The van der Waals surface area contributed by atoms with E-state index in [1.165, 1.54) is 0 Å². The van der Waals surface area contributed by atoms with Crippen molar-refractivity contribution >= 4 is 0 Å². The highest BCUT2D eigenvalue weighted by Crippen LogP contribution is 2.14. The van der Waals surface area contributed by atoms with E-state index in [0.717, 1.165) is 12.1 Å².